The normalized spacial score (nSPS) is 12.4. The summed E-state index contributed by atoms with van der Waals surface area (Å²) in [6, 6.07) is 0. The van der Waals surface area contributed by atoms with Crippen LogP contribution in [0.2, 0.25) is 0 Å². The predicted octanol–water partition coefficient (Wildman–Crippen LogP) is 15.4. The zero-order valence-electron chi connectivity index (χ0n) is 36.2. The molecule has 0 rings (SSSR count). The van der Waals surface area contributed by atoms with Crippen LogP contribution in [0.5, 0.6) is 0 Å². The number of hydrogen-bond acceptors (Lipinski definition) is 5. The molecule has 0 spiro atoms. The molecule has 54 heavy (non-hydrogen) atoms. The Kier molecular flexibility index (Phi) is 43.9. The SMILES string of the molecule is CC/C=C\C/C=C\C/C=C\CCCCCCCCCC(=O)OCC(COCCCCCCCCCCCCCCCC)OC(=O)CCCCCCCCC. The lowest BCUT2D eigenvalue weighted by Gasteiger charge is -2.18. The lowest BCUT2D eigenvalue weighted by Crippen LogP contribution is -2.30. The largest absolute Gasteiger partial charge is 0.462 e. The van der Waals surface area contributed by atoms with Crippen LogP contribution < -0.4 is 0 Å². The first-order valence-corrected chi connectivity index (χ1v) is 23.5. The number of ether oxygens (including phenoxy) is 3. The van der Waals surface area contributed by atoms with Crippen molar-refractivity contribution in [2.75, 3.05) is 19.8 Å². The van der Waals surface area contributed by atoms with Crippen LogP contribution in [0.1, 0.15) is 239 Å². The van der Waals surface area contributed by atoms with Crippen molar-refractivity contribution in [3.8, 4) is 0 Å². The Labute approximate surface area is 336 Å². The molecule has 0 radical (unpaired) electrons. The summed E-state index contributed by atoms with van der Waals surface area (Å²) in [7, 11) is 0. The summed E-state index contributed by atoms with van der Waals surface area (Å²) in [4.78, 5) is 25.1. The smallest absolute Gasteiger partial charge is 0.306 e. The van der Waals surface area contributed by atoms with Crippen LogP contribution in [0.25, 0.3) is 0 Å². The van der Waals surface area contributed by atoms with Gasteiger partial charge in [-0.15, -0.1) is 0 Å². The average Bonchev–Trinajstić information content (AvgIpc) is 3.17. The monoisotopic (exact) mass is 759 g/mol. The molecule has 0 amide bonds. The summed E-state index contributed by atoms with van der Waals surface area (Å²) in [6.07, 6.45) is 52.9. The van der Waals surface area contributed by atoms with Crippen LogP contribution >= 0.6 is 0 Å². The predicted molar refractivity (Wildman–Crippen MR) is 233 cm³/mol. The van der Waals surface area contributed by atoms with Gasteiger partial charge < -0.3 is 14.2 Å². The highest BCUT2D eigenvalue weighted by Crippen LogP contribution is 2.15. The summed E-state index contributed by atoms with van der Waals surface area (Å²) >= 11 is 0. The maximum Gasteiger partial charge on any atom is 0.306 e. The fraction of sp³-hybridized carbons (Fsp3) is 0.837. The first-order chi connectivity index (χ1) is 26.6. The van der Waals surface area contributed by atoms with E-state index in [1.807, 2.05) is 0 Å². The van der Waals surface area contributed by atoms with E-state index in [0.29, 0.717) is 19.4 Å². The molecule has 0 N–H and O–H groups in total. The van der Waals surface area contributed by atoms with Crippen molar-refractivity contribution in [1.82, 2.24) is 0 Å². The Morgan fingerprint density at radius 1 is 0.426 bits per heavy atom. The van der Waals surface area contributed by atoms with Gasteiger partial charge in [0.15, 0.2) is 6.10 Å². The first kappa shape index (κ1) is 52.1. The summed E-state index contributed by atoms with van der Waals surface area (Å²) in [5.41, 5.74) is 0. The van der Waals surface area contributed by atoms with Gasteiger partial charge in [-0.25, -0.2) is 0 Å². The Morgan fingerprint density at radius 2 is 0.833 bits per heavy atom. The van der Waals surface area contributed by atoms with E-state index in [1.165, 1.54) is 141 Å². The zero-order valence-corrected chi connectivity index (χ0v) is 36.2. The summed E-state index contributed by atoms with van der Waals surface area (Å²) in [6.45, 7) is 7.70. The van der Waals surface area contributed by atoms with Crippen LogP contribution in [0.3, 0.4) is 0 Å². The van der Waals surface area contributed by atoms with Crippen LogP contribution in [0.15, 0.2) is 36.5 Å². The molecule has 0 aromatic carbocycles. The van der Waals surface area contributed by atoms with Crippen molar-refractivity contribution in [3.63, 3.8) is 0 Å². The maximum absolute atomic E-state index is 12.6. The first-order valence-electron chi connectivity index (χ1n) is 23.5. The Morgan fingerprint density at radius 3 is 1.33 bits per heavy atom. The highest BCUT2D eigenvalue weighted by Gasteiger charge is 2.17. The molecular formula is C49H90O5. The topological polar surface area (TPSA) is 61.8 Å². The number of hydrogen-bond donors (Lipinski definition) is 0. The maximum atomic E-state index is 12.6. The third-order valence-corrected chi connectivity index (χ3v) is 10.2. The number of unbranched alkanes of at least 4 members (excludes halogenated alkanes) is 26. The molecule has 1 unspecified atom stereocenters. The fourth-order valence-corrected chi connectivity index (χ4v) is 6.70. The van der Waals surface area contributed by atoms with Gasteiger partial charge >= 0.3 is 11.9 Å². The molecule has 0 aliphatic carbocycles. The molecule has 0 saturated carbocycles. The molecule has 0 fully saturated rings. The van der Waals surface area contributed by atoms with E-state index in [1.54, 1.807) is 0 Å². The van der Waals surface area contributed by atoms with Gasteiger partial charge in [0.1, 0.15) is 6.61 Å². The quantitative estimate of drug-likeness (QED) is 0.0352. The molecule has 1 atom stereocenters. The van der Waals surface area contributed by atoms with Crippen molar-refractivity contribution < 1.29 is 23.8 Å². The highest BCUT2D eigenvalue weighted by atomic mass is 16.6. The van der Waals surface area contributed by atoms with Crippen LogP contribution in [0, 0.1) is 0 Å². The van der Waals surface area contributed by atoms with Crippen molar-refractivity contribution in [2.45, 2.75) is 245 Å². The molecule has 0 heterocycles. The third kappa shape index (κ3) is 42.9. The van der Waals surface area contributed by atoms with Crippen molar-refractivity contribution >= 4 is 11.9 Å². The number of rotatable bonds is 43. The van der Waals surface area contributed by atoms with Gasteiger partial charge in [-0.05, 0) is 51.4 Å². The van der Waals surface area contributed by atoms with Gasteiger partial charge in [0, 0.05) is 19.4 Å². The Bertz CT molecular complexity index is 862. The van der Waals surface area contributed by atoms with E-state index in [-0.39, 0.29) is 25.2 Å². The van der Waals surface area contributed by atoms with Crippen LogP contribution in [-0.2, 0) is 23.8 Å². The second-order valence-corrected chi connectivity index (χ2v) is 15.6. The van der Waals surface area contributed by atoms with Gasteiger partial charge in [-0.2, -0.15) is 0 Å². The average molecular weight is 759 g/mol. The second-order valence-electron chi connectivity index (χ2n) is 15.6. The molecule has 0 aromatic rings. The van der Waals surface area contributed by atoms with E-state index >= 15 is 0 Å². The molecule has 0 aliphatic heterocycles. The highest BCUT2D eigenvalue weighted by molar-refractivity contribution is 5.70. The molecule has 0 aromatic heterocycles. The Hall–Kier alpha value is -1.88. The van der Waals surface area contributed by atoms with E-state index in [2.05, 4.69) is 57.2 Å². The third-order valence-electron chi connectivity index (χ3n) is 10.2. The standard InChI is InChI=1S/C49H90O5/c1-4-7-10-13-16-18-20-22-24-25-26-27-29-31-34-36-39-42-48(50)53-46-47(54-49(51)43-40-37-33-15-12-9-6-3)45-52-44-41-38-35-32-30-28-23-21-19-17-14-11-8-5-2/h7,10,16,18,22,24,47H,4-6,8-9,11-15,17,19-21,23,25-46H2,1-3H3/b10-7-,18-16-,24-22-. The van der Waals surface area contributed by atoms with Gasteiger partial charge in [0.05, 0.1) is 6.61 Å². The van der Waals surface area contributed by atoms with E-state index in [0.717, 1.165) is 64.2 Å². The molecule has 0 bridgehead atoms. The molecule has 5 heteroatoms. The minimum atomic E-state index is -0.531. The lowest BCUT2D eigenvalue weighted by molar-refractivity contribution is -0.163. The molecule has 0 saturated heterocycles. The summed E-state index contributed by atoms with van der Waals surface area (Å²) in [5.74, 6) is -0.405. The van der Waals surface area contributed by atoms with Crippen molar-refractivity contribution in [3.05, 3.63) is 36.5 Å². The number of carbonyl (C=O) groups excluding carboxylic acids is 2. The lowest BCUT2D eigenvalue weighted by atomic mass is 10.0. The number of carbonyl (C=O) groups is 2. The summed E-state index contributed by atoms with van der Waals surface area (Å²) in [5, 5.41) is 0. The van der Waals surface area contributed by atoms with E-state index in [9.17, 15) is 9.59 Å². The number of esters is 2. The minimum Gasteiger partial charge on any atom is -0.462 e. The molecule has 0 aliphatic rings. The van der Waals surface area contributed by atoms with Gasteiger partial charge in [-0.3, -0.25) is 9.59 Å². The Balaban J connectivity index is 4.12. The zero-order chi connectivity index (χ0) is 39.3. The van der Waals surface area contributed by atoms with E-state index in [4.69, 9.17) is 14.2 Å². The fourth-order valence-electron chi connectivity index (χ4n) is 6.70. The molecule has 316 valence electrons. The van der Waals surface area contributed by atoms with Crippen molar-refractivity contribution in [2.24, 2.45) is 0 Å². The van der Waals surface area contributed by atoms with E-state index < -0.39 is 6.10 Å². The molecular weight excluding hydrogens is 669 g/mol. The van der Waals surface area contributed by atoms with Crippen LogP contribution in [0.4, 0.5) is 0 Å². The second kappa shape index (κ2) is 45.5. The number of allylic oxidation sites excluding steroid dienone is 6. The summed E-state index contributed by atoms with van der Waals surface area (Å²) < 4.78 is 17.3. The molecule has 5 nitrogen and oxygen atoms in total. The van der Waals surface area contributed by atoms with Crippen LogP contribution in [-0.4, -0.2) is 37.9 Å². The minimum absolute atomic E-state index is 0.0847. The van der Waals surface area contributed by atoms with Gasteiger partial charge in [0.2, 0.25) is 0 Å². The van der Waals surface area contributed by atoms with Crippen molar-refractivity contribution in [1.29, 1.82) is 0 Å². The van der Waals surface area contributed by atoms with Gasteiger partial charge in [-0.1, -0.05) is 211 Å². The van der Waals surface area contributed by atoms with Gasteiger partial charge in [0.25, 0.3) is 0 Å².